The predicted molar refractivity (Wildman–Crippen MR) is 95.1 cm³/mol. The Balaban J connectivity index is 1.90. The van der Waals surface area contributed by atoms with Gasteiger partial charge in [-0.25, -0.2) is 9.97 Å². The molecule has 0 spiro atoms. The fourth-order valence-electron chi connectivity index (χ4n) is 3.01. The molecule has 1 aromatic heterocycles. The summed E-state index contributed by atoms with van der Waals surface area (Å²) in [5, 5.41) is 0.224. The Bertz CT molecular complexity index is 719. The molecular formula is C19H22N2O2S. The van der Waals surface area contributed by atoms with Crippen LogP contribution in [0.5, 0.6) is 0 Å². The molecule has 1 aromatic carbocycles. The molecule has 0 saturated carbocycles. The average molecular weight is 342 g/mol. The second-order valence-corrected chi connectivity index (χ2v) is 6.96. The molecule has 0 N–H and O–H groups in total. The minimum absolute atomic E-state index is 0.243. The van der Waals surface area contributed by atoms with Gasteiger partial charge in [-0.05, 0) is 50.7 Å². The molecule has 2 aromatic rings. The lowest BCUT2D eigenvalue weighted by Crippen LogP contribution is -2.15. The van der Waals surface area contributed by atoms with E-state index in [1.165, 1.54) is 30.2 Å². The van der Waals surface area contributed by atoms with Crippen LogP contribution in [0.2, 0.25) is 0 Å². The molecule has 0 radical (unpaired) electrons. The minimum atomic E-state index is -0.438. The molecule has 5 heteroatoms. The topological polar surface area (TPSA) is 52.1 Å². The standard InChI is InChI=1S/C19H22N2O2S/c1-3-23-18(22)17(14-9-5-4-6-10-14)24-19-20-13(2)15-11-7-8-12-16(15)21-19/h4-6,9-10,17H,3,7-8,11-12H2,1-2H3/t17-/m1/s1. The number of nitrogens with zero attached hydrogens (tertiary/aromatic N) is 2. The molecule has 0 fully saturated rings. The molecule has 0 saturated heterocycles. The third-order valence-corrected chi connectivity index (χ3v) is 5.29. The maximum Gasteiger partial charge on any atom is 0.324 e. The molecule has 4 nitrogen and oxygen atoms in total. The monoisotopic (exact) mass is 342 g/mol. The van der Waals surface area contributed by atoms with Gasteiger partial charge in [-0.3, -0.25) is 4.79 Å². The van der Waals surface area contributed by atoms with E-state index in [1.807, 2.05) is 44.2 Å². The highest BCUT2D eigenvalue weighted by molar-refractivity contribution is 8.00. The number of fused-ring (bicyclic) bond motifs is 1. The Kier molecular flexibility index (Phi) is 5.51. The lowest BCUT2D eigenvalue weighted by Gasteiger charge is -2.19. The Morgan fingerprint density at radius 1 is 1.21 bits per heavy atom. The van der Waals surface area contributed by atoms with E-state index in [1.54, 1.807) is 0 Å². The van der Waals surface area contributed by atoms with Crippen LogP contribution in [-0.4, -0.2) is 22.5 Å². The maximum atomic E-state index is 12.4. The Labute approximate surface area is 147 Å². The maximum absolute atomic E-state index is 12.4. The van der Waals surface area contributed by atoms with Gasteiger partial charge in [0.25, 0.3) is 0 Å². The summed E-state index contributed by atoms with van der Waals surface area (Å²) in [6.45, 7) is 4.23. The molecule has 0 bridgehead atoms. The fourth-order valence-corrected chi connectivity index (χ4v) is 4.03. The van der Waals surface area contributed by atoms with Crippen molar-refractivity contribution in [1.82, 2.24) is 9.97 Å². The van der Waals surface area contributed by atoms with Crippen LogP contribution in [0.15, 0.2) is 35.5 Å². The minimum Gasteiger partial charge on any atom is -0.465 e. The van der Waals surface area contributed by atoms with Crippen LogP contribution in [0.3, 0.4) is 0 Å². The number of hydrogen-bond acceptors (Lipinski definition) is 5. The quantitative estimate of drug-likeness (QED) is 0.466. The van der Waals surface area contributed by atoms with E-state index in [0.29, 0.717) is 11.8 Å². The zero-order valence-electron chi connectivity index (χ0n) is 14.1. The first-order chi connectivity index (χ1) is 11.7. The smallest absolute Gasteiger partial charge is 0.324 e. The molecule has 1 aliphatic carbocycles. The lowest BCUT2D eigenvalue weighted by molar-refractivity contribution is -0.142. The highest BCUT2D eigenvalue weighted by atomic mass is 32.2. The zero-order chi connectivity index (χ0) is 16.9. The van der Waals surface area contributed by atoms with Crippen molar-refractivity contribution in [1.29, 1.82) is 0 Å². The summed E-state index contributed by atoms with van der Waals surface area (Å²) >= 11 is 1.38. The van der Waals surface area contributed by atoms with E-state index in [2.05, 4.69) is 4.98 Å². The van der Waals surface area contributed by atoms with Crippen molar-refractivity contribution in [3.8, 4) is 0 Å². The van der Waals surface area contributed by atoms with E-state index in [9.17, 15) is 4.79 Å². The molecule has 0 amide bonds. The van der Waals surface area contributed by atoms with Crippen LogP contribution in [0.1, 0.15) is 47.5 Å². The van der Waals surface area contributed by atoms with Crippen molar-refractivity contribution in [3.63, 3.8) is 0 Å². The number of hydrogen-bond donors (Lipinski definition) is 0. The SMILES string of the molecule is CCOC(=O)[C@H](Sc1nc(C)c2c(n1)CCCC2)c1ccccc1. The normalized spacial score (nSPS) is 14.8. The van der Waals surface area contributed by atoms with Gasteiger partial charge in [0.2, 0.25) is 0 Å². The molecule has 1 heterocycles. The second-order valence-electron chi connectivity index (χ2n) is 5.88. The van der Waals surface area contributed by atoms with Crippen molar-refractivity contribution >= 4 is 17.7 Å². The Hall–Kier alpha value is -1.88. The van der Waals surface area contributed by atoms with Gasteiger partial charge < -0.3 is 4.74 Å². The van der Waals surface area contributed by atoms with Gasteiger partial charge >= 0.3 is 5.97 Å². The van der Waals surface area contributed by atoms with Crippen LogP contribution in [0, 0.1) is 6.92 Å². The van der Waals surface area contributed by atoms with Crippen molar-refractivity contribution in [2.45, 2.75) is 49.9 Å². The van der Waals surface area contributed by atoms with Gasteiger partial charge in [0.15, 0.2) is 5.16 Å². The average Bonchev–Trinajstić information content (AvgIpc) is 2.61. The van der Waals surface area contributed by atoms with Gasteiger partial charge in [0.1, 0.15) is 5.25 Å². The molecule has 1 aliphatic rings. The first-order valence-corrected chi connectivity index (χ1v) is 9.31. The van der Waals surface area contributed by atoms with Crippen molar-refractivity contribution < 1.29 is 9.53 Å². The highest BCUT2D eigenvalue weighted by Gasteiger charge is 2.26. The van der Waals surface area contributed by atoms with Crippen LogP contribution in [-0.2, 0) is 22.4 Å². The Morgan fingerprint density at radius 2 is 1.96 bits per heavy atom. The van der Waals surface area contributed by atoms with Gasteiger partial charge in [-0.1, -0.05) is 42.1 Å². The van der Waals surface area contributed by atoms with E-state index in [0.717, 1.165) is 29.8 Å². The summed E-state index contributed by atoms with van der Waals surface area (Å²) in [6, 6.07) is 9.69. The molecule has 24 heavy (non-hydrogen) atoms. The summed E-state index contributed by atoms with van der Waals surface area (Å²) in [6.07, 6.45) is 4.44. The Morgan fingerprint density at radius 3 is 2.71 bits per heavy atom. The number of thioether (sulfide) groups is 1. The number of aromatic nitrogens is 2. The molecule has 0 unspecified atom stereocenters. The number of esters is 1. The van der Waals surface area contributed by atoms with Gasteiger partial charge in [0.05, 0.1) is 6.61 Å². The molecule has 1 atom stereocenters. The van der Waals surface area contributed by atoms with E-state index in [4.69, 9.17) is 9.72 Å². The van der Waals surface area contributed by atoms with Gasteiger partial charge in [-0.2, -0.15) is 0 Å². The molecule has 3 rings (SSSR count). The lowest BCUT2D eigenvalue weighted by atomic mass is 9.95. The predicted octanol–water partition coefficient (Wildman–Crippen LogP) is 4.06. The van der Waals surface area contributed by atoms with Gasteiger partial charge in [0, 0.05) is 11.4 Å². The van der Waals surface area contributed by atoms with Crippen molar-refractivity contribution in [3.05, 3.63) is 52.8 Å². The summed E-state index contributed by atoms with van der Waals surface area (Å²) in [5.41, 5.74) is 4.39. The van der Waals surface area contributed by atoms with E-state index >= 15 is 0 Å². The first kappa shape index (κ1) is 17.0. The largest absolute Gasteiger partial charge is 0.465 e. The number of benzene rings is 1. The van der Waals surface area contributed by atoms with Crippen LogP contribution in [0.25, 0.3) is 0 Å². The van der Waals surface area contributed by atoms with Crippen molar-refractivity contribution in [2.75, 3.05) is 6.61 Å². The number of carbonyl (C=O) groups is 1. The van der Waals surface area contributed by atoms with Gasteiger partial charge in [-0.15, -0.1) is 0 Å². The third-order valence-electron chi connectivity index (χ3n) is 4.20. The summed E-state index contributed by atoms with van der Waals surface area (Å²) in [5.74, 6) is -0.243. The highest BCUT2D eigenvalue weighted by Crippen LogP contribution is 2.35. The van der Waals surface area contributed by atoms with Crippen LogP contribution in [0.4, 0.5) is 0 Å². The molecule has 0 aliphatic heterocycles. The number of carbonyl (C=O) groups excluding carboxylic acids is 1. The summed E-state index contributed by atoms with van der Waals surface area (Å²) in [4.78, 5) is 21.8. The zero-order valence-corrected chi connectivity index (χ0v) is 14.9. The van der Waals surface area contributed by atoms with Crippen LogP contribution < -0.4 is 0 Å². The number of aryl methyl sites for hydroxylation is 2. The first-order valence-electron chi connectivity index (χ1n) is 8.43. The van der Waals surface area contributed by atoms with E-state index in [-0.39, 0.29) is 5.97 Å². The number of ether oxygens (including phenoxy) is 1. The summed E-state index contributed by atoms with van der Waals surface area (Å²) < 4.78 is 5.26. The second kappa shape index (κ2) is 7.79. The fraction of sp³-hybridized carbons (Fsp3) is 0.421. The van der Waals surface area contributed by atoms with Crippen molar-refractivity contribution in [2.24, 2.45) is 0 Å². The summed E-state index contributed by atoms with van der Waals surface area (Å²) in [7, 11) is 0. The number of rotatable bonds is 5. The molecule has 126 valence electrons. The van der Waals surface area contributed by atoms with E-state index < -0.39 is 5.25 Å². The third kappa shape index (κ3) is 3.78. The molecular weight excluding hydrogens is 320 g/mol. The van der Waals surface area contributed by atoms with Crippen LogP contribution >= 0.6 is 11.8 Å².